The van der Waals surface area contributed by atoms with Crippen LogP contribution in [0.25, 0.3) is 10.9 Å². The summed E-state index contributed by atoms with van der Waals surface area (Å²) in [6, 6.07) is 10.0. The lowest BCUT2D eigenvalue weighted by atomic mass is 10.1. The van der Waals surface area contributed by atoms with Crippen LogP contribution < -0.4 is 10.1 Å². The van der Waals surface area contributed by atoms with Crippen LogP contribution in [0.3, 0.4) is 0 Å². The number of carbonyl (C=O) groups excluding carboxylic acids is 1. The van der Waals surface area contributed by atoms with Crippen LogP contribution in [0.1, 0.15) is 35.5 Å². The summed E-state index contributed by atoms with van der Waals surface area (Å²) in [5, 5.41) is 3.83. The Hall–Kier alpha value is -2.88. The summed E-state index contributed by atoms with van der Waals surface area (Å²) in [6.07, 6.45) is -0.149. The molecule has 2 aromatic carbocycles. The van der Waals surface area contributed by atoms with E-state index < -0.39 is 10.0 Å². The minimum Gasteiger partial charge on any atom is -0.489 e. The third kappa shape index (κ3) is 4.75. The van der Waals surface area contributed by atoms with E-state index in [4.69, 9.17) is 9.47 Å². The van der Waals surface area contributed by atoms with E-state index in [1.165, 1.54) is 16.4 Å². The molecule has 0 bridgehead atoms. The molecule has 4 rings (SSSR count). The molecule has 9 heteroatoms. The summed E-state index contributed by atoms with van der Waals surface area (Å²) in [7, 11) is -3.72. The number of morpholine rings is 1. The molecule has 1 aliphatic rings. The number of aryl methyl sites for hydroxylation is 2. The molecule has 0 radical (unpaired) electrons. The van der Waals surface area contributed by atoms with Gasteiger partial charge >= 0.3 is 0 Å². The molecule has 8 nitrogen and oxygen atoms in total. The van der Waals surface area contributed by atoms with Crippen LogP contribution in [0.4, 0.5) is 5.69 Å². The van der Waals surface area contributed by atoms with Gasteiger partial charge in [0.15, 0.2) is 0 Å². The van der Waals surface area contributed by atoms with Crippen molar-refractivity contribution in [3.63, 3.8) is 0 Å². The highest BCUT2D eigenvalue weighted by atomic mass is 32.2. The normalized spacial score (nSPS) is 15.2. The zero-order valence-corrected chi connectivity index (χ0v) is 20.1. The number of carbonyl (C=O) groups is 1. The van der Waals surface area contributed by atoms with Crippen LogP contribution in [0.5, 0.6) is 5.75 Å². The van der Waals surface area contributed by atoms with Crippen LogP contribution in [0.15, 0.2) is 41.3 Å². The lowest BCUT2D eigenvalue weighted by Gasteiger charge is -2.26. The highest BCUT2D eigenvalue weighted by molar-refractivity contribution is 7.89. The van der Waals surface area contributed by atoms with Gasteiger partial charge in [0, 0.05) is 35.2 Å². The van der Waals surface area contributed by atoms with E-state index in [0.29, 0.717) is 43.3 Å². The van der Waals surface area contributed by atoms with Gasteiger partial charge in [-0.3, -0.25) is 4.79 Å². The average Bonchev–Trinajstić information content (AvgIpc) is 3.08. The topological polar surface area (TPSA) is 101 Å². The number of benzene rings is 2. The number of nitrogens with zero attached hydrogens (tertiary/aromatic N) is 1. The number of anilines is 1. The van der Waals surface area contributed by atoms with Gasteiger partial charge < -0.3 is 19.8 Å². The van der Waals surface area contributed by atoms with Gasteiger partial charge in [0.1, 0.15) is 5.75 Å². The SMILES string of the molecule is Cc1[nH]c2ccc(C(=O)Nc3cc(S(=O)(=O)N4CCOCC4)ccc3OC(C)C)cc2c1C. The molecular formula is C24H29N3O5S. The Kier molecular flexibility index (Phi) is 6.47. The van der Waals surface area contributed by atoms with Crippen molar-refractivity contribution in [1.29, 1.82) is 0 Å². The molecule has 0 saturated carbocycles. The van der Waals surface area contributed by atoms with Crippen molar-refractivity contribution in [2.75, 3.05) is 31.6 Å². The van der Waals surface area contributed by atoms with Gasteiger partial charge in [0.05, 0.1) is 29.9 Å². The second kappa shape index (κ2) is 9.17. The monoisotopic (exact) mass is 471 g/mol. The molecule has 176 valence electrons. The van der Waals surface area contributed by atoms with Gasteiger partial charge in [-0.1, -0.05) is 0 Å². The number of rotatable bonds is 6. The highest BCUT2D eigenvalue weighted by Crippen LogP contribution is 2.31. The summed E-state index contributed by atoms with van der Waals surface area (Å²) in [6.45, 7) is 9.04. The van der Waals surface area contributed by atoms with Crippen LogP contribution >= 0.6 is 0 Å². The fraction of sp³-hybridized carbons (Fsp3) is 0.375. The van der Waals surface area contributed by atoms with Crippen LogP contribution in [0, 0.1) is 13.8 Å². The molecule has 1 saturated heterocycles. The molecule has 0 unspecified atom stereocenters. The molecule has 33 heavy (non-hydrogen) atoms. The Morgan fingerprint density at radius 2 is 1.85 bits per heavy atom. The average molecular weight is 472 g/mol. The van der Waals surface area contributed by atoms with Crippen molar-refractivity contribution in [3.8, 4) is 5.75 Å². The first-order valence-corrected chi connectivity index (χ1v) is 12.4. The molecule has 1 aromatic heterocycles. The number of sulfonamides is 1. The lowest BCUT2D eigenvalue weighted by molar-refractivity contribution is 0.0730. The number of hydrogen-bond donors (Lipinski definition) is 2. The number of aromatic nitrogens is 1. The first-order valence-electron chi connectivity index (χ1n) is 11.0. The van der Waals surface area contributed by atoms with Crippen molar-refractivity contribution >= 4 is 32.5 Å². The van der Waals surface area contributed by atoms with Crippen molar-refractivity contribution in [3.05, 3.63) is 53.2 Å². The third-order valence-electron chi connectivity index (χ3n) is 5.74. The summed E-state index contributed by atoms with van der Waals surface area (Å²) >= 11 is 0. The third-order valence-corrected chi connectivity index (χ3v) is 7.63. The molecular weight excluding hydrogens is 442 g/mol. The summed E-state index contributed by atoms with van der Waals surface area (Å²) in [5.41, 5.74) is 3.88. The molecule has 1 aliphatic heterocycles. The largest absolute Gasteiger partial charge is 0.489 e. The number of amides is 1. The van der Waals surface area contributed by atoms with Crippen LogP contribution in [0.2, 0.25) is 0 Å². The van der Waals surface area contributed by atoms with E-state index in [0.717, 1.165) is 22.2 Å². The number of ether oxygens (including phenoxy) is 2. The minimum atomic E-state index is -3.72. The van der Waals surface area contributed by atoms with Gasteiger partial charge in [-0.05, 0) is 69.7 Å². The van der Waals surface area contributed by atoms with Crippen molar-refractivity contribution in [1.82, 2.24) is 9.29 Å². The Bertz CT molecular complexity index is 1290. The standard InChI is InChI=1S/C24H29N3O5S/c1-15(2)32-23-8-6-19(33(29,30)27-9-11-31-12-10-27)14-22(23)26-24(28)18-5-7-21-20(13-18)16(3)17(4)25-21/h5-8,13-15,25H,9-12H2,1-4H3,(H,26,28). The molecule has 2 heterocycles. The zero-order valence-electron chi connectivity index (χ0n) is 19.3. The second-order valence-corrected chi connectivity index (χ2v) is 10.4. The molecule has 3 aromatic rings. The minimum absolute atomic E-state index is 0.100. The highest BCUT2D eigenvalue weighted by Gasteiger charge is 2.27. The van der Waals surface area contributed by atoms with Gasteiger partial charge in [0.2, 0.25) is 10.0 Å². The van der Waals surface area contributed by atoms with E-state index in [9.17, 15) is 13.2 Å². The first-order chi connectivity index (χ1) is 15.7. The van der Waals surface area contributed by atoms with Gasteiger partial charge in [-0.15, -0.1) is 0 Å². The maximum Gasteiger partial charge on any atom is 0.255 e. The van der Waals surface area contributed by atoms with Gasteiger partial charge in [-0.2, -0.15) is 4.31 Å². The quantitative estimate of drug-likeness (QED) is 0.569. The smallest absolute Gasteiger partial charge is 0.255 e. The second-order valence-electron chi connectivity index (χ2n) is 8.43. The van der Waals surface area contributed by atoms with Crippen LogP contribution in [-0.2, 0) is 14.8 Å². The van der Waals surface area contributed by atoms with Crippen molar-refractivity contribution in [2.45, 2.75) is 38.7 Å². The maximum absolute atomic E-state index is 13.1. The van der Waals surface area contributed by atoms with Crippen molar-refractivity contribution in [2.24, 2.45) is 0 Å². The molecule has 1 amide bonds. The molecule has 2 N–H and O–H groups in total. The van der Waals surface area contributed by atoms with E-state index in [-0.39, 0.29) is 16.9 Å². The number of nitrogens with one attached hydrogen (secondary N) is 2. The fourth-order valence-electron chi connectivity index (χ4n) is 3.86. The summed E-state index contributed by atoms with van der Waals surface area (Å²) in [4.78, 5) is 16.5. The molecule has 1 fully saturated rings. The van der Waals surface area contributed by atoms with E-state index >= 15 is 0 Å². The van der Waals surface area contributed by atoms with Crippen LogP contribution in [-0.4, -0.2) is 56.0 Å². The molecule has 0 atom stereocenters. The Morgan fingerprint density at radius 1 is 1.12 bits per heavy atom. The van der Waals surface area contributed by atoms with Gasteiger partial charge in [0.25, 0.3) is 5.91 Å². The lowest BCUT2D eigenvalue weighted by Crippen LogP contribution is -2.40. The number of H-pyrrole nitrogens is 1. The van der Waals surface area contributed by atoms with Gasteiger partial charge in [-0.25, -0.2) is 8.42 Å². The van der Waals surface area contributed by atoms with E-state index in [1.54, 1.807) is 12.1 Å². The number of aromatic amines is 1. The fourth-order valence-corrected chi connectivity index (χ4v) is 5.29. The van der Waals surface area contributed by atoms with E-state index in [1.807, 2.05) is 39.8 Å². The predicted molar refractivity (Wildman–Crippen MR) is 128 cm³/mol. The first kappa shape index (κ1) is 23.3. The Labute approximate surface area is 193 Å². The number of hydrogen-bond acceptors (Lipinski definition) is 5. The summed E-state index contributed by atoms with van der Waals surface area (Å²) in [5.74, 6) is 0.0682. The number of fused-ring (bicyclic) bond motifs is 1. The predicted octanol–water partition coefficient (Wildman–Crippen LogP) is 3.85. The maximum atomic E-state index is 13.1. The molecule has 0 spiro atoms. The zero-order chi connectivity index (χ0) is 23.8. The Balaban J connectivity index is 1.68. The molecule has 0 aliphatic carbocycles. The van der Waals surface area contributed by atoms with Crippen molar-refractivity contribution < 1.29 is 22.7 Å². The summed E-state index contributed by atoms with van der Waals surface area (Å²) < 4.78 is 38.8. The van der Waals surface area contributed by atoms with E-state index in [2.05, 4.69) is 10.3 Å². The Morgan fingerprint density at radius 3 is 2.55 bits per heavy atom.